The molecule has 0 spiro atoms. The van der Waals surface area contributed by atoms with E-state index >= 15 is 0 Å². The molecule has 0 saturated carbocycles. The zero-order valence-corrected chi connectivity index (χ0v) is 7.65. The number of carbonyl (C=O) groups excluding carboxylic acids is 1. The van der Waals surface area contributed by atoms with Gasteiger partial charge in [0.1, 0.15) is 0 Å². The third-order valence-corrected chi connectivity index (χ3v) is 1.88. The molecule has 68 valence electrons. The Bertz CT molecular complexity index is 316. The average molecular weight is 177 g/mol. The van der Waals surface area contributed by atoms with E-state index in [0.717, 1.165) is 5.56 Å². The quantitative estimate of drug-likeness (QED) is 0.665. The maximum atomic E-state index is 11.0. The molecule has 13 heavy (non-hydrogen) atoms. The summed E-state index contributed by atoms with van der Waals surface area (Å²) in [6, 6.07) is 6.37. The summed E-state index contributed by atoms with van der Waals surface area (Å²) in [6.45, 7) is 3.31. The van der Waals surface area contributed by atoms with Gasteiger partial charge in [0.05, 0.1) is 0 Å². The molecule has 3 nitrogen and oxygen atoms in total. The fourth-order valence-electron chi connectivity index (χ4n) is 1.12. The van der Waals surface area contributed by atoms with E-state index in [9.17, 15) is 9.70 Å². The van der Waals surface area contributed by atoms with Crippen molar-refractivity contribution in [3.05, 3.63) is 40.3 Å². The Balaban J connectivity index is 2.99. The molecule has 1 rings (SSSR count). The van der Waals surface area contributed by atoms with Crippen molar-refractivity contribution in [1.82, 2.24) is 0 Å². The van der Waals surface area contributed by atoms with Crippen LogP contribution in [0.3, 0.4) is 0 Å². The van der Waals surface area contributed by atoms with E-state index in [1.165, 1.54) is 6.92 Å². The van der Waals surface area contributed by atoms with Crippen LogP contribution in [-0.4, -0.2) is 5.78 Å². The number of nitroso groups, excluding NO2 is 1. The van der Waals surface area contributed by atoms with E-state index < -0.39 is 6.04 Å². The fourth-order valence-corrected chi connectivity index (χ4v) is 1.12. The van der Waals surface area contributed by atoms with Gasteiger partial charge in [-0.05, 0) is 19.4 Å². The molecule has 0 saturated heterocycles. The lowest BCUT2D eigenvalue weighted by Crippen LogP contribution is -2.04. The number of Topliss-reactive ketones (excluding diaryl/α,β-unsaturated/α-hetero) is 1. The van der Waals surface area contributed by atoms with E-state index in [-0.39, 0.29) is 5.78 Å². The van der Waals surface area contributed by atoms with Crippen molar-refractivity contribution in [2.75, 3.05) is 0 Å². The molecule has 0 radical (unpaired) electrons. The molecule has 0 N–H and O–H groups in total. The second kappa shape index (κ2) is 3.94. The first kappa shape index (κ1) is 9.58. The van der Waals surface area contributed by atoms with Gasteiger partial charge in [0.25, 0.3) is 0 Å². The number of ketones is 1. The molecular formula is C10H11NO2. The second-order valence-electron chi connectivity index (χ2n) is 3.03. The molecule has 0 bridgehead atoms. The number of aryl methyl sites for hydroxylation is 1. The largest absolute Gasteiger partial charge is 0.297 e. The standard InChI is InChI=1S/C10H11NO2/c1-7-3-5-9(6-4-7)10(11-13)8(2)12/h3-6,10H,1-2H3. The summed E-state index contributed by atoms with van der Waals surface area (Å²) in [5, 5.41) is 2.79. The first-order chi connectivity index (χ1) is 6.15. The molecule has 0 aromatic heterocycles. The fraction of sp³-hybridized carbons (Fsp3) is 0.300. The van der Waals surface area contributed by atoms with E-state index in [2.05, 4.69) is 5.18 Å². The van der Waals surface area contributed by atoms with Crippen LogP contribution in [0.5, 0.6) is 0 Å². The van der Waals surface area contributed by atoms with Crippen molar-refractivity contribution in [1.29, 1.82) is 0 Å². The molecule has 1 unspecified atom stereocenters. The molecule has 3 heteroatoms. The molecule has 1 aromatic carbocycles. The van der Waals surface area contributed by atoms with Crippen molar-refractivity contribution in [2.24, 2.45) is 5.18 Å². The van der Waals surface area contributed by atoms with Gasteiger partial charge in [-0.15, -0.1) is 4.91 Å². The summed E-state index contributed by atoms with van der Waals surface area (Å²) >= 11 is 0. The highest BCUT2D eigenvalue weighted by Crippen LogP contribution is 2.18. The van der Waals surface area contributed by atoms with Crippen LogP contribution < -0.4 is 0 Å². The summed E-state index contributed by atoms with van der Waals surface area (Å²) in [6.07, 6.45) is 0. The van der Waals surface area contributed by atoms with Crippen molar-refractivity contribution >= 4 is 5.78 Å². The Kier molecular flexibility index (Phi) is 2.90. The van der Waals surface area contributed by atoms with Gasteiger partial charge in [-0.3, -0.25) is 4.79 Å². The zero-order chi connectivity index (χ0) is 9.84. The van der Waals surface area contributed by atoms with Gasteiger partial charge >= 0.3 is 0 Å². The van der Waals surface area contributed by atoms with Crippen molar-refractivity contribution in [2.45, 2.75) is 19.9 Å². The molecule has 1 atom stereocenters. The van der Waals surface area contributed by atoms with Gasteiger partial charge in [0.15, 0.2) is 11.8 Å². The molecule has 0 fully saturated rings. The Morgan fingerprint density at radius 2 is 1.85 bits per heavy atom. The number of nitrogens with zero attached hydrogens (tertiary/aromatic N) is 1. The topological polar surface area (TPSA) is 46.5 Å². The van der Waals surface area contributed by atoms with Crippen molar-refractivity contribution in [3.8, 4) is 0 Å². The van der Waals surface area contributed by atoms with Gasteiger partial charge in [-0.25, -0.2) is 0 Å². The van der Waals surface area contributed by atoms with E-state index in [1.807, 2.05) is 19.1 Å². The molecular weight excluding hydrogens is 166 g/mol. The van der Waals surface area contributed by atoms with E-state index in [1.54, 1.807) is 12.1 Å². The van der Waals surface area contributed by atoms with Gasteiger partial charge in [-0.1, -0.05) is 35.0 Å². The predicted octanol–water partition coefficient (Wildman–Crippen LogP) is 2.39. The van der Waals surface area contributed by atoms with Crippen LogP contribution in [0.4, 0.5) is 0 Å². The minimum atomic E-state index is -0.847. The van der Waals surface area contributed by atoms with Gasteiger partial charge in [-0.2, -0.15) is 0 Å². The minimum absolute atomic E-state index is 0.223. The highest BCUT2D eigenvalue weighted by Gasteiger charge is 2.16. The minimum Gasteiger partial charge on any atom is -0.297 e. The van der Waals surface area contributed by atoms with E-state index in [4.69, 9.17) is 0 Å². The Morgan fingerprint density at radius 3 is 2.23 bits per heavy atom. The molecule has 0 aliphatic rings. The SMILES string of the molecule is CC(=O)C(N=O)c1ccc(C)cc1. The van der Waals surface area contributed by atoms with Crippen molar-refractivity contribution in [3.63, 3.8) is 0 Å². The van der Waals surface area contributed by atoms with Crippen LogP contribution >= 0.6 is 0 Å². The van der Waals surface area contributed by atoms with Crippen molar-refractivity contribution < 1.29 is 4.79 Å². The summed E-state index contributed by atoms with van der Waals surface area (Å²) in [5.41, 5.74) is 1.75. The summed E-state index contributed by atoms with van der Waals surface area (Å²) in [7, 11) is 0. The third kappa shape index (κ3) is 2.21. The summed E-state index contributed by atoms with van der Waals surface area (Å²) in [5.74, 6) is -0.223. The first-order valence-corrected chi connectivity index (χ1v) is 4.04. The number of benzene rings is 1. The number of hydrogen-bond donors (Lipinski definition) is 0. The molecule has 0 amide bonds. The monoisotopic (exact) mass is 177 g/mol. The lowest BCUT2D eigenvalue weighted by Gasteiger charge is -2.04. The highest BCUT2D eigenvalue weighted by atomic mass is 16.3. The summed E-state index contributed by atoms with van der Waals surface area (Å²) in [4.78, 5) is 21.3. The number of carbonyl (C=O) groups is 1. The van der Waals surface area contributed by atoms with Crippen LogP contribution in [0.25, 0.3) is 0 Å². The summed E-state index contributed by atoms with van der Waals surface area (Å²) < 4.78 is 0. The van der Waals surface area contributed by atoms with Crippen LogP contribution in [0.2, 0.25) is 0 Å². The first-order valence-electron chi connectivity index (χ1n) is 4.04. The Morgan fingerprint density at radius 1 is 1.31 bits per heavy atom. The molecule has 0 aliphatic carbocycles. The van der Waals surface area contributed by atoms with Crippen LogP contribution in [0, 0.1) is 11.8 Å². The second-order valence-corrected chi connectivity index (χ2v) is 3.03. The molecule has 1 aromatic rings. The Labute approximate surface area is 76.7 Å². The molecule has 0 heterocycles. The Hall–Kier alpha value is -1.51. The van der Waals surface area contributed by atoms with Crippen LogP contribution in [0.15, 0.2) is 29.4 Å². The van der Waals surface area contributed by atoms with Gasteiger partial charge in [0.2, 0.25) is 0 Å². The molecule has 0 aliphatic heterocycles. The lowest BCUT2D eigenvalue weighted by molar-refractivity contribution is -0.118. The maximum Gasteiger partial charge on any atom is 0.175 e. The van der Waals surface area contributed by atoms with Gasteiger partial charge in [0, 0.05) is 0 Å². The maximum absolute atomic E-state index is 11.0. The van der Waals surface area contributed by atoms with Crippen LogP contribution in [0.1, 0.15) is 24.1 Å². The van der Waals surface area contributed by atoms with Crippen LogP contribution in [-0.2, 0) is 4.79 Å². The smallest absolute Gasteiger partial charge is 0.175 e. The highest BCUT2D eigenvalue weighted by molar-refractivity contribution is 5.83. The predicted molar refractivity (Wildman–Crippen MR) is 50.4 cm³/mol. The average Bonchev–Trinajstić information content (AvgIpc) is 2.09. The lowest BCUT2D eigenvalue weighted by atomic mass is 10.0. The number of rotatable bonds is 3. The zero-order valence-electron chi connectivity index (χ0n) is 7.65. The third-order valence-electron chi connectivity index (χ3n) is 1.88. The normalized spacial score (nSPS) is 12.2. The number of hydrogen-bond acceptors (Lipinski definition) is 3. The van der Waals surface area contributed by atoms with Gasteiger partial charge < -0.3 is 0 Å². The van der Waals surface area contributed by atoms with E-state index in [0.29, 0.717) is 5.56 Å².